The zero-order valence-electron chi connectivity index (χ0n) is 11.1. The Morgan fingerprint density at radius 1 is 1.18 bits per heavy atom. The summed E-state index contributed by atoms with van der Waals surface area (Å²) in [6, 6.07) is 0. The van der Waals surface area contributed by atoms with E-state index in [9.17, 15) is 9.59 Å². The minimum atomic E-state index is -0.891. The SMILES string of the molecule is CSC(=O)OOC(OC(=O)C(C)(C)C)C(C)C. The molecule has 1 unspecified atom stereocenters. The van der Waals surface area contributed by atoms with Crippen molar-refractivity contribution < 1.29 is 24.1 Å². The summed E-state index contributed by atoms with van der Waals surface area (Å²) in [4.78, 5) is 31.8. The van der Waals surface area contributed by atoms with Crippen LogP contribution in [0.15, 0.2) is 0 Å². The van der Waals surface area contributed by atoms with Crippen LogP contribution < -0.4 is 0 Å². The molecule has 0 aliphatic rings. The van der Waals surface area contributed by atoms with Crippen molar-refractivity contribution in [2.75, 3.05) is 6.26 Å². The molecule has 1 atom stereocenters. The lowest BCUT2D eigenvalue weighted by Crippen LogP contribution is -2.33. The Labute approximate surface area is 106 Å². The fourth-order valence-corrected chi connectivity index (χ4v) is 0.777. The lowest BCUT2D eigenvalue weighted by Gasteiger charge is -2.24. The summed E-state index contributed by atoms with van der Waals surface area (Å²) in [6.07, 6.45) is 0.676. The Kier molecular flexibility index (Phi) is 6.56. The van der Waals surface area contributed by atoms with Gasteiger partial charge in [-0.3, -0.25) is 9.68 Å². The third-order valence-electron chi connectivity index (χ3n) is 1.76. The quantitative estimate of drug-likeness (QED) is 0.337. The fourth-order valence-electron chi connectivity index (χ4n) is 0.670. The van der Waals surface area contributed by atoms with Crippen molar-refractivity contribution in [3.63, 3.8) is 0 Å². The van der Waals surface area contributed by atoms with Gasteiger partial charge in [0.15, 0.2) is 0 Å². The molecule has 0 fully saturated rings. The van der Waals surface area contributed by atoms with Gasteiger partial charge >= 0.3 is 11.3 Å². The maximum atomic E-state index is 11.6. The van der Waals surface area contributed by atoms with Gasteiger partial charge in [0.05, 0.1) is 5.41 Å². The largest absolute Gasteiger partial charge is 0.431 e. The molecule has 0 saturated carbocycles. The third-order valence-corrected chi connectivity index (χ3v) is 2.16. The van der Waals surface area contributed by atoms with Crippen LogP contribution in [0.4, 0.5) is 4.79 Å². The molecule has 100 valence electrons. The molecular formula is C11H20O5S. The molecule has 0 saturated heterocycles. The first-order valence-corrected chi connectivity index (χ1v) is 6.53. The molecule has 0 aliphatic carbocycles. The van der Waals surface area contributed by atoms with Gasteiger partial charge < -0.3 is 4.74 Å². The van der Waals surface area contributed by atoms with Crippen LogP contribution in [-0.2, 0) is 19.3 Å². The van der Waals surface area contributed by atoms with E-state index < -0.39 is 23.0 Å². The van der Waals surface area contributed by atoms with E-state index in [1.807, 2.05) is 0 Å². The molecule has 0 rings (SSSR count). The molecule has 0 bridgehead atoms. The van der Waals surface area contributed by atoms with Crippen LogP contribution in [0.3, 0.4) is 0 Å². The molecule has 17 heavy (non-hydrogen) atoms. The second-order valence-electron chi connectivity index (χ2n) is 4.90. The Morgan fingerprint density at radius 3 is 2.06 bits per heavy atom. The molecule has 5 nitrogen and oxygen atoms in total. The minimum absolute atomic E-state index is 0.115. The van der Waals surface area contributed by atoms with E-state index in [1.165, 1.54) is 0 Å². The Morgan fingerprint density at radius 2 is 1.71 bits per heavy atom. The van der Waals surface area contributed by atoms with E-state index in [2.05, 4.69) is 4.89 Å². The first kappa shape index (κ1) is 16.2. The highest BCUT2D eigenvalue weighted by Crippen LogP contribution is 2.20. The molecule has 0 heterocycles. The summed E-state index contributed by atoms with van der Waals surface area (Å²) in [6.45, 7) is 8.81. The van der Waals surface area contributed by atoms with Gasteiger partial charge in [0.1, 0.15) is 0 Å². The summed E-state index contributed by atoms with van der Waals surface area (Å²) in [7, 11) is 0. The number of hydrogen-bond acceptors (Lipinski definition) is 6. The average molecular weight is 264 g/mol. The van der Waals surface area contributed by atoms with E-state index in [-0.39, 0.29) is 5.92 Å². The van der Waals surface area contributed by atoms with Crippen LogP contribution in [0.1, 0.15) is 34.6 Å². The molecule has 0 aromatic heterocycles. The highest BCUT2D eigenvalue weighted by molar-refractivity contribution is 8.12. The molecule has 0 spiro atoms. The summed E-state index contributed by atoms with van der Waals surface area (Å²) >= 11 is 0.876. The number of ether oxygens (including phenoxy) is 1. The van der Waals surface area contributed by atoms with Crippen LogP contribution in [0, 0.1) is 11.3 Å². The highest BCUT2D eigenvalue weighted by Gasteiger charge is 2.29. The smallest absolute Gasteiger partial charge is 0.400 e. The van der Waals surface area contributed by atoms with Gasteiger partial charge in [0, 0.05) is 5.92 Å². The molecule has 0 aromatic carbocycles. The van der Waals surface area contributed by atoms with E-state index >= 15 is 0 Å². The lowest BCUT2D eigenvalue weighted by atomic mass is 9.97. The van der Waals surface area contributed by atoms with Crippen molar-refractivity contribution in [3.8, 4) is 0 Å². The van der Waals surface area contributed by atoms with E-state index in [4.69, 9.17) is 9.62 Å². The first-order chi connectivity index (χ1) is 7.68. The highest BCUT2D eigenvalue weighted by atomic mass is 32.2. The summed E-state index contributed by atoms with van der Waals surface area (Å²) < 4.78 is 5.12. The zero-order chi connectivity index (χ0) is 13.6. The van der Waals surface area contributed by atoms with Crippen molar-refractivity contribution >= 4 is 23.0 Å². The second-order valence-corrected chi connectivity index (χ2v) is 5.64. The first-order valence-electron chi connectivity index (χ1n) is 5.30. The van der Waals surface area contributed by atoms with Gasteiger partial charge in [-0.05, 0) is 38.8 Å². The topological polar surface area (TPSA) is 61.8 Å². The second kappa shape index (κ2) is 6.86. The van der Waals surface area contributed by atoms with Crippen LogP contribution in [0.5, 0.6) is 0 Å². The average Bonchev–Trinajstić information content (AvgIpc) is 2.21. The molecule has 0 aliphatic heterocycles. The Bertz CT molecular complexity index is 270. The predicted octanol–water partition coefficient (Wildman–Crippen LogP) is 2.99. The number of carbonyl (C=O) groups is 2. The van der Waals surface area contributed by atoms with E-state index in [0.717, 1.165) is 11.8 Å². The molecular weight excluding hydrogens is 244 g/mol. The van der Waals surface area contributed by atoms with Crippen molar-refractivity contribution in [3.05, 3.63) is 0 Å². The van der Waals surface area contributed by atoms with Gasteiger partial charge in [0.25, 0.3) is 0 Å². The maximum absolute atomic E-state index is 11.6. The third kappa shape index (κ3) is 6.53. The van der Waals surface area contributed by atoms with E-state index in [1.54, 1.807) is 40.9 Å². The zero-order valence-corrected chi connectivity index (χ0v) is 11.9. The van der Waals surface area contributed by atoms with Gasteiger partial charge in [-0.2, -0.15) is 0 Å². The number of esters is 1. The van der Waals surface area contributed by atoms with Crippen LogP contribution in [-0.4, -0.2) is 23.8 Å². The molecule has 0 amide bonds. The van der Waals surface area contributed by atoms with Crippen molar-refractivity contribution in [1.82, 2.24) is 0 Å². The number of carbonyl (C=O) groups excluding carboxylic acids is 2. The van der Waals surface area contributed by atoms with Gasteiger partial charge in [0.2, 0.25) is 6.29 Å². The van der Waals surface area contributed by atoms with Crippen molar-refractivity contribution in [2.45, 2.75) is 40.9 Å². The number of hydrogen-bond donors (Lipinski definition) is 0. The van der Waals surface area contributed by atoms with Crippen LogP contribution >= 0.6 is 11.8 Å². The fraction of sp³-hybridized carbons (Fsp3) is 0.818. The number of thioether (sulfide) groups is 1. The summed E-state index contributed by atoms with van der Waals surface area (Å²) in [5.41, 5.74) is -0.625. The molecule has 0 aromatic rings. The minimum Gasteiger partial charge on any atom is -0.431 e. The standard InChI is InChI=1S/C11H20O5S/c1-7(2)8(15-16-10(13)17-6)14-9(12)11(3,4)5/h7-8H,1-6H3. The van der Waals surface area contributed by atoms with Gasteiger partial charge in [-0.15, -0.1) is 4.89 Å². The van der Waals surface area contributed by atoms with E-state index in [0.29, 0.717) is 0 Å². The van der Waals surface area contributed by atoms with Gasteiger partial charge in [-0.1, -0.05) is 13.8 Å². The van der Waals surface area contributed by atoms with Gasteiger partial charge in [-0.25, -0.2) is 4.79 Å². The number of rotatable bonds is 4. The predicted molar refractivity (Wildman–Crippen MR) is 65.3 cm³/mol. The Balaban J connectivity index is 4.35. The molecule has 6 heteroatoms. The summed E-state index contributed by atoms with van der Waals surface area (Å²) in [5.74, 6) is -0.521. The molecule has 0 N–H and O–H groups in total. The van der Waals surface area contributed by atoms with Crippen LogP contribution in [0.25, 0.3) is 0 Å². The van der Waals surface area contributed by atoms with Crippen molar-refractivity contribution in [1.29, 1.82) is 0 Å². The maximum Gasteiger partial charge on any atom is 0.400 e. The lowest BCUT2D eigenvalue weighted by molar-refractivity contribution is -0.337. The Hall–Kier alpha value is -0.750. The normalized spacial score (nSPS) is 13.4. The summed E-state index contributed by atoms with van der Waals surface area (Å²) in [5, 5.41) is -0.581. The van der Waals surface area contributed by atoms with Crippen molar-refractivity contribution in [2.24, 2.45) is 11.3 Å². The molecule has 0 radical (unpaired) electrons. The monoisotopic (exact) mass is 264 g/mol. The van der Waals surface area contributed by atoms with Crippen LogP contribution in [0.2, 0.25) is 0 Å².